The summed E-state index contributed by atoms with van der Waals surface area (Å²) in [5.74, 6) is -0.693. The highest BCUT2D eigenvalue weighted by molar-refractivity contribution is 8.16. The third kappa shape index (κ3) is 4.25. The number of carboxylic acids is 1. The molecule has 2 atom stereocenters. The van der Waals surface area contributed by atoms with Crippen molar-refractivity contribution in [2.24, 2.45) is 4.99 Å². The number of carboxylic acid groups (broad SMARTS) is 1. The molecule has 0 aromatic heterocycles. The molecule has 0 spiro atoms. The summed E-state index contributed by atoms with van der Waals surface area (Å²) in [6.45, 7) is 0. The standard InChI is InChI=1S/C17H20N2O7S2/c1-25-10-3-4-13(26-2)11(7-10)19-12-8-28(23,24)9-14(12)27-17(19)18-15(20)5-6-16(21)22/h3-4,7,12,14H,5-6,8-9H2,1-2H3,(H,21,22)/t12-,14+/m1/s1. The Morgan fingerprint density at radius 3 is 2.64 bits per heavy atom. The van der Waals surface area contributed by atoms with Crippen LogP contribution in [0.15, 0.2) is 23.2 Å². The topological polar surface area (TPSA) is 123 Å². The third-order valence-corrected chi connectivity index (χ3v) is 7.69. The van der Waals surface area contributed by atoms with Gasteiger partial charge < -0.3 is 19.5 Å². The molecule has 0 aliphatic carbocycles. The number of methoxy groups -OCH3 is 2. The fraction of sp³-hybridized carbons (Fsp3) is 0.471. The SMILES string of the molecule is COc1ccc(OC)c(N2C(=NC(=O)CCC(=O)O)S[C@H]3CS(=O)(=O)C[C@H]32)c1. The van der Waals surface area contributed by atoms with Crippen LogP contribution in [0.4, 0.5) is 5.69 Å². The number of fused-ring (bicyclic) bond motifs is 1. The van der Waals surface area contributed by atoms with Gasteiger partial charge in [0.25, 0.3) is 0 Å². The highest BCUT2D eigenvalue weighted by Crippen LogP contribution is 2.44. The summed E-state index contributed by atoms with van der Waals surface area (Å²) in [7, 11) is -0.203. The number of anilines is 1. The van der Waals surface area contributed by atoms with E-state index in [1.807, 2.05) is 0 Å². The smallest absolute Gasteiger partial charge is 0.303 e. The lowest BCUT2D eigenvalue weighted by atomic mass is 10.2. The van der Waals surface area contributed by atoms with Crippen molar-refractivity contribution < 1.29 is 32.6 Å². The first kappa shape index (κ1) is 20.5. The first-order chi connectivity index (χ1) is 13.2. The zero-order chi connectivity index (χ0) is 20.5. The molecule has 1 aromatic rings. The van der Waals surface area contributed by atoms with Gasteiger partial charge in [-0.1, -0.05) is 11.8 Å². The molecule has 2 aliphatic rings. The lowest BCUT2D eigenvalue weighted by Crippen LogP contribution is -2.38. The largest absolute Gasteiger partial charge is 0.497 e. The second-order valence-electron chi connectivity index (χ2n) is 6.39. The lowest BCUT2D eigenvalue weighted by molar-refractivity contribution is -0.138. The fourth-order valence-electron chi connectivity index (χ4n) is 3.21. The van der Waals surface area contributed by atoms with Crippen LogP contribution in [0.2, 0.25) is 0 Å². The van der Waals surface area contributed by atoms with E-state index < -0.39 is 27.8 Å². The molecule has 0 radical (unpaired) electrons. The second-order valence-corrected chi connectivity index (χ2v) is 9.75. The minimum absolute atomic E-state index is 0.00649. The molecule has 2 heterocycles. The van der Waals surface area contributed by atoms with Crippen LogP contribution in [-0.4, -0.2) is 67.6 Å². The first-order valence-electron chi connectivity index (χ1n) is 8.45. The quantitative estimate of drug-likeness (QED) is 0.711. The van der Waals surface area contributed by atoms with Crippen LogP contribution in [0.25, 0.3) is 0 Å². The Morgan fingerprint density at radius 1 is 1.25 bits per heavy atom. The summed E-state index contributed by atoms with van der Waals surface area (Å²) in [4.78, 5) is 28.6. The Morgan fingerprint density at radius 2 is 2.00 bits per heavy atom. The zero-order valence-electron chi connectivity index (χ0n) is 15.3. The van der Waals surface area contributed by atoms with Crippen LogP contribution in [0.1, 0.15) is 12.8 Å². The van der Waals surface area contributed by atoms with E-state index in [-0.39, 0.29) is 29.6 Å². The molecule has 28 heavy (non-hydrogen) atoms. The van der Waals surface area contributed by atoms with E-state index in [4.69, 9.17) is 14.6 Å². The molecule has 1 aromatic carbocycles. The van der Waals surface area contributed by atoms with E-state index >= 15 is 0 Å². The summed E-state index contributed by atoms with van der Waals surface area (Å²) >= 11 is 1.21. The molecule has 1 amide bonds. The minimum Gasteiger partial charge on any atom is -0.497 e. The van der Waals surface area contributed by atoms with Crippen LogP contribution >= 0.6 is 11.8 Å². The zero-order valence-corrected chi connectivity index (χ0v) is 17.0. The molecule has 2 aliphatic heterocycles. The van der Waals surface area contributed by atoms with Crippen molar-refractivity contribution in [3.05, 3.63) is 18.2 Å². The summed E-state index contributed by atoms with van der Waals surface area (Å²) in [6.07, 6.45) is -0.542. The Bertz CT molecular complexity index is 929. The number of carbonyl (C=O) groups is 2. The molecule has 152 valence electrons. The Labute approximate surface area is 166 Å². The number of nitrogens with zero attached hydrogens (tertiary/aromatic N) is 2. The number of aliphatic carboxylic acids is 1. The second kappa shape index (κ2) is 8.00. The highest BCUT2D eigenvalue weighted by atomic mass is 32.2. The number of sulfone groups is 1. The molecule has 2 saturated heterocycles. The number of amides is 1. The number of hydrogen-bond donors (Lipinski definition) is 1. The van der Waals surface area contributed by atoms with Gasteiger partial charge in [0, 0.05) is 17.7 Å². The van der Waals surface area contributed by atoms with E-state index in [1.165, 1.54) is 26.0 Å². The number of benzene rings is 1. The van der Waals surface area contributed by atoms with Gasteiger partial charge in [0.1, 0.15) is 11.5 Å². The van der Waals surface area contributed by atoms with Crippen molar-refractivity contribution >= 4 is 44.3 Å². The molecular formula is C17H20N2O7S2. The van der Waals surface area contributed by atoms with Crippen molar-refractivity contribution in [1.82, 2.24) is 0 Å². The molecule has 0 bridgehead atoms. The number of amidine groups is 1. The Kier molecular flexibility index (Phi) is 5.84. The maximum atomic E-state index is 12.1. The van der Waals surface area contributed by atoms with Crippen molar-refractivity contribution in [3.8, 4) is 11.5 Å². The van der Waals surface area contributed by atoms with Gasteiger partial charge in [0.2, 0.25) is 5.91 Å². The van der Waals surface area contributed by atoms with Gasteiger partial charge in [-0.3, -0.25) is 9.59 Å². The molecular weight excluding hydrogens is 408 g/mol. The number of carbonyl (C=O) groups excluding carboxylic acids is 1. The third-order valence-electron chi connectivity index (χ3n) is 4.49. The van der Waals surface area contributed by atoms with E-state index in [2.05, 4.69) is 4.99 Å². The van der Waals surface area contributed by atoms with Crippen molar-refractivity contribution in [1.29, 1.82) is 0 Å². The Hall–Kier alpha value is -2.27. The summed E-state index contributed by atoms with van der Waals surface area (Å²) in [5, 5.41) is 8.82. The monoisotopic (exact) mass is 428 g/mol. The van der Waals surface area contributed by atoms with Crippen molar-refractivity contribution in [2.75, 3.05) is 30.6 Å². The highest BCUT2D eigenvalue weighted by Gasteiger charge is 2.50. The van der Waals surface area contributed by atoms with E-state index in [9.17, 15) is 18.0 Å². The molecule has 0 unspecified atom stereocenters. The van der Waals surface area contributed by atoms with Gasteiger partial charge in [-0.25, -0.2) is 8.42 Å². The predicted octanol–water partition coefficient (Wildman–Crippen LogP) is 1.17. The van der Waals surface area contributed by atoms with Gasteiger partial charge >= 0.3 is 5.97 Å². The van der Waals surface area contributed by atoms with Crippen LogP contribution in [0.3, 0.4) is 0 Å². The normalized spacial score (nSPS) is 24.2. The number of ether oxygens (including phenoxy) is 2. The average Bonchev–Trinajstić information content (AvgIpc) is 3.10. The average molecular weight is 428 g/mol. The van der Waals surface area contributed by atoms with Crippen molar-refractivity contribution in [2.45, 2.75) is 24.1 Å². The van der Waals surface area contributed by atoms with Gasteiger partial charge in [-0.15, -0.1) is 0 Å². The van der Waals surface area contributed by atoms with Gasteiger partial charge in [-0.05, 0) is 12.1 Å². The van der Waals surface area contributed by atoms with Crippen LogP contribution in [0.5, 0.6) is 11.5 Å². The van der Waals surface area contributed by atoms with E-state index in [1.54, 1.807) is 23.1 Å². The molecule has 1 N–H and O–H groups in total. The molecule has 3 rings (SSSR count). The van der Waals surface area contributed by atoms with E-state index in [0.29, 0.717) is 22.4 Å². The van der Waals surface area contributed by atoms with Gasteiger partial charge in [0.15, 0.2) is 15.0 Å². The molecule has 9 nitrogen and oxygen atoms in total. The minimum atomic E-state index is -3.21. The number of thioether (sulfide) groups is 1. The molecule has 0 saturated carbocycles. The maximum Gasteiger partial charge on any atom is 0.303 e. The van der Waals surface area contributed by atoms with Crippen molar-refractivity contribution in [3.63, 3.8) is 0 Å². The number of rotatable bonds is 6. The number of aliphatic imine (C=N–C) groups is 1. The summed E-state index contributed by atoms with van der Waals surface area (Å²) < 4.78 is 35.0. The van der Waals surface area contributed by atoms with Crippen LogP contribution < -0.4 is 14.4 Å². The van der Waals surface area contributed by atoms with E-state index in [0.717, 1.165) is 0 Å². The predicted molar refractivity (Wildman–Crippen MR) is 105 cm³/mol. The maximum absolute atomic E-state index is 12.1. The van der Waals surface area contributed by atoms with Gasteiger partial charge in [-0.2, -0.15) is 4.99 Å². The van der Waals surface area contributed by atoms with Crippen LogP contribution in [-0.2, 0) is 19.4 Å². The lowest BCUT2D eigenvalue weighted by Gasteiger charge is -2.26. The Balaban J connectivity index is 2.02. The summed E-state index contributed by atoms with van der Waals surface area (Å²) in [5.41, 5.74) is 0.545. The number of hydrogen-bond acceptors (Lipinski definition) is 7. The van der Waals surface area contributed by atoms with Crippen LogP contribution in [0, 0.1) is 0 Å². The molecule has 2 fully saturated rings. The first-order valence-corrected chi connectivity index (χ1v) is 11.2. The fourth-order valence-corrected chi connectivity index (χ4v) is 7.13. The van der Waals surface area contributed by atoms with Gasteiger partial charge in [0.05, 0.1) is 43.9 Å². The summed E-state index contributed by atoms with van der Waals surface area (Å²) in [6, 6.07) is 4.70. The molecule has 11 heteroatoms.